The predicted molar refractivity (Wildman–Crippen MR) is 82.8 cm³/mol. The Labute approximate surface area is 127 Å². The average molecular weight is 312 g/mol. The van der Waals surface area contributed by atoms with E-state index in [2.05, 4.69) is 12.2 Å². The molecule has 1 N–H and O–H groups in total. The number of aryl methyl sites for hydroxylation is 1. The van der Waals surface area contributed by atoms with Crippen LogP contribution in [-0.2, 0) is 21.3 Å². The summed E-state index contributed by atoms with van der Waals surface area (Å²) in [7, 11) is -3.42. The number of rotatable bonds is 6. The summed E-state index contributed by atoms with van der Waals surface area (Å²) in [4.78, 5) is 0.417. The molecule has 118 valence electrons. The summed E-state index contributed by atoms with van der Waals surface area (Å²) in [6.45, 7) is 7.37. The van der Waals surface area contributed by atoms with Crippen LogP contribution < -0.4 is 5.32 Å². The Morgan fingerprint density at radius 1 is 1.29 bits per heavy atom. The third kappa shape index (κ3) is 4.03. The highest BCUT2D eigenvalue weighted by molar-refractivity contribution is 7.89. The average Bonchev–Trinajstić information content (AvgIpc) is 2.50. The molecular weight excluding hydrogens is 288 g/mol. The molecule has 0 amide bonds. The minimum atomic E-state index is -3.42. The molecule has 1 fully saturated rings. The number of morpholine rings is 1. The molecule has 1 aromatic rings. The molecule has 1 aliphatic rings. The lowest BCUT2D eigenvalue weighted by molar-refractivity contribution is 0.0730. The van der Waals surface area contributed by atoms with Crippen molar-refractivity contribution in [3.05, 3.63) is 29.3 Å². The molecule has 0 aliphatic carbocycles. The highest BCUT2D eigenvalue weighted by atomic mass is 32.2. The van der Waals surface area contributed by atoms with Gasteiger partial charge in [-0.05, 0) is 37.1 Å². The normalized spacial score (nSPS) is 17.0. The van der Waals surface area contributed by atoms with E-state index < -0.39 is 10.0 Å². The van der Waals surface area contributed by atoms with Gasteiger partial charge >= 0.3 is 0 Å². The van der Waals surface area contributed by atoms with Crippen molar-refractivity contribution in [2.24, 2.45) is 0 Å². The van der Waals surface area contributed by atoms with Crippen molar-refractivity contribution >= 4 is 10.0 Å². The fraction of sp³-hybridized carbons (Fsp3) is 0.600. The minimum Gasteiger partial charge on any atom is -0.379 e. The molecule has 1 heterocycles. The van der Waals surface area contributed by atoms with Gasteiger partial charge in [-0.3, -0.25) is 0 Å². The van der Waals surface area contributed by atoms with E-state index in [0.717, 1.165) is 24.1 Å². The standard InChI is InChI=1S/C15H24N2O3S/c1-3-6-16-12-14-5-4-13(2)15(11-14)21(18,19)17-7-9-20-10-8-17/h4-5,11,16H,3,6-10,12H2,1-2H3. The molecule has 2 rings (SSSR count). The Morgan fingerprint density at radius 2 is 2.00 bits per heavy atom. The van der Waals surface area contributed by atoms with Crippen molar-refractivity contribution < 1.29 is 13.2 Å². The number of sulfonamides is 1. The summed E-state index contributed by atoms with van der Waals surface area (Å²) in [5.41, 5.74) is 1.79. The Morgan fingerprint density at radius 3 is 2.67 bits per heavy atom. The monoisotopic (exact) mass is 312 g/mol. The van der Waals surface area contributed by atoms with Crippen LogP contribution in [0, 0.1) is 6.92 Å². The molecule has 1 aliphatic heterocycles. The molecule has 0 aromatic heterocycles. The van der Waals surface area contributed by atoms with Crippen molar-refractivity contribution in [3.8, 4) is 0 Å². The maximum atomic E-state index is 12.7. The molecule has 1 aromatic carbocycles. The molecule has 0 spiro atoms. The number of ether oxygens (including phenoxy) is 1. The molecule has 1 saturated heterocycles. The summed E-state index contributed by atoms with van der Waals surface area (Å²) in [6.07, 6.45) is 1.06. The maximum Gasteiger partial charge on any atom is 0.243 e. The smallest absolute Gasteiger partial charge is 0.243 e. The number of benzene rings is 1. The zero-order valence-corrected chi connectivity index (χ0v) is 13.6. The Balaban J connectivity index is 2.22. The number of nitrogens with zero attached hydrogens (tertiary/aromatic N) is 1. The van der Waals surface area contributed by atoms with E-state index >= 15 is 0 Å². The van der Waals surface area contributed by atoms with E-state index in [1.54, 1.807) is 6.07 Å². The summed E-state index contributed by atoms with van der Waals surface area (Å²) in [6, 6.07) is 5.66. The highest BCUT2D eigenvalue weighted by Crippen LogP contribution is 2.22. The third-order valence-electron chi connectivity index (χ3n) is 3.60. The largest absolute Gasteiger partial charge is 0.379 e. The van der Waals surface area contributed by atoms with Crippen LogP contribution in [0.15, 0.2) is 23.1 Å². The van der Waals surface area contributed by atoms with Crippen LogP contribution in [0.2, 0.25) is 0 Å². The number of hydrogen-bond donors (Lipinski definition) is 1. The second-order valence-electron chi connectivity index (χ2n) is 5.29. The van der Waals surface area contributed by atoms with E-state index in [-0.39, 0.29) is 0 Å². The fourth-order valence-corrected chi connectivity index (χ4v) is 4.05. The van der Waals surface area contributed by atoms with Crippen molar-refractivity contribution in [3.63, 3.8) is 0 Å². The fourth-order valence-electron chi connectivity index (χ4n) is 2.37. The van der Waals surface area contributed by atoms with Gasteiger partial charge < -0.3 is 10.1 Å². The molecule has 0 atom stereocenters. The van der Waals surface area contributed by atoms with Crippen LogP contribution in [0.5, 0.6) is 0 Å². The first-order chi connectivity index (χ1) is 10.1. The van der Waals surface area contributed by atoms with E-state index in [4.69, 9.17) is 4.74 Å². The summed E-state index contributed by atoms with van der Waals surface area (Å²) < 4.78 is 32.2. The lowest BCUT2D eigenvalue weighted by atomic mass is 10.1. The maximum absolute atomic E-state index is 12.7. The molecule has 0 unspecified atom stereocenters. The second-order valence-corrected chi connectivity index (χ2v) is 7.20. The van der Waals surface area contributed by atoms with Crippen molar-refractivity contribution in [2.45, 2.75) is 31.7 Å². The summed E-state index contributed by atoms with van der Waals surface area (Å²) >= 11 is 0. The topological polar surface area (TPSA) is 58.6 Å². The SMILES string of the molecule is CCCNCc1ccc(C)c(S(=O)(=O)N2CCOCC2)c1. The third-order valence-corrected chi connectivity index (χ3v) is 5.64. The van der Waals surface area contributed by atoms with Gasteiger partial charge in [0.15, 0.2) is 0 Å². The Kier molecular flexibility index (Phi) is 5.75. The van der Waals surface area contributed by atoms with Gasteiger partial charge in [0.05, 0.1) is 18.1 Å². The van der Waals surface area contributed by atoms with E-state index in [1.165, 1.54) is 4.31 Å². The van der Waals surface area contributed by atoms with E-state index in [1.807, 2.05) is 19.1 Å². The van der Waals surface area contributed by atoms with Gasteiger partial charge in [-0.25, -0.2) is 8.42 Å². The van der Waals surface area contributed by atoms with Gasteiger partial charge in [0.2, 0.25) is 10.0 Å². The molecule has 21 heavy (non-hydrogen) atoms. The van der Waals surface area contributed by atoms with Crippen LogP contribution in [0.25, 0.3) is 0 Å². The van der Waals surface area contributed by atoms with Crippen LogP contribution in [-0.4, -0.2) is 45.6 Å². The minimum absolute atomic E-state index is 0.417. The second kappa shape index (κ2) is 7.35. The molecule has 5 nitrogen and oxygen atoms in total. The zero-order chi connectivity index (χ0) is 15.3. The highest BCUT2D eigenvalue weighted by Gasteiger charge is 2.27. The Hall–Kier alpha value is -0.950. The quantitative estimate of drug-likeness (QED) is 0.809. The predicted octanol–water partition coefficient (Wildman–Crippen LogP) is 1.52. The van der Waals surface area contributed by atoms with Crippen LogP contribution >= 0.6 is 0 Å². The Bertz CT molecular complexity index is 566. The summed E-state index contributed by atoms with van der Waals surface area (Å²) in [5, 5.41) is 3.30. The van der Waals surface area contributed by atoms with Crippen LogP contribution in [0.4, 0.5) is 0 Å². The zero-order valence-electron chi connectivity index (χ0n) is 12.8. The van der Waals surface area contributed by atoms with Crippen LogP contribution in [0.1, 0.15) is 24.5 Å². The van der Waals surface area contributed by atoms with E-state index in [0.29, 0.717) is 37.7 Å². The molecule has 0 radical (unpaired) electrons. The molecule has 0 bridgehead atoms. The van der Waals surface area contributed by atoms with Crippen molar-refractivity contribution in [1.29, 1.82) is 0 Å². The number of nitrogens with one attached hydrogen (secondary N) is 1. The van der Waals surface area contributed by atoms with Gasteiger partial charge in [-0.15, -0.1) is 0 Å². The van der Waals surface area contributed by atoms with Crippen molar-refractivity contribution in [2.75, 3.05) is 32.8 Å². The van der Waals surface area contributed by atoms with Gasteiger partial charge in [-0.2, -0.15) is 4.31 Å². The van der Waals surface area contributed by atoms with Crippen LogP contribution in [0.3, 0.4) is 0 Å². The first-order valence-corrected chi connectivity index (χ1v) is 8.88. The molecule has 6 heteroatoms. The van der Waals surface area contributed by atoms with E-state index in [9.17, 15) is 8.42 Å². The van der Waals surface area contributed by atoms with Gasteiger partial charge in [0, 0.05) is 19.6 Å². The van der Waals surface area contributed by atoms with Gasteiger partial charge in [-0.1, -0.05) is 19.1 Å². The van der Waals surface area contributed by atoms with Gasteiger partial charge in [0.1, 0.15) is 0 Å². The molecular formula is C15H24N2O3S. The number of hydrogen-bond acceptors (Lipinski definition) is 4. The van der Waals surface area contributed by atoms with Crippen molar-refractivity contribution in [1.82, 2.24) is 9.62 Å². The summed E-state index contributed by atoms with van der Waals surface area (Å²) in [5.74, 6) is 0. The van der Waals surface area contributed by atoms with Gasteiger partial charge in [0.25, 0.3) is 0 Å². The lowest BCUT2D eigenvalue weighted by Crippen LogP contribution is -2.40. The lowest BCUT2D eigenvalue weighted by Gasteiger charge is -2.26. The molecule has 0 saturated carbocycles. The first-order valence-electron chi connectivity index (χ1n) is 7.44. The first kappa shape index (κ1) is 16.4.